The molecular weight excluding hydrogens is 178 g/mol. The Labute approximate surface area is 83.3 Å². The minimum absolute atomic E-state index is 0.158. The minimum atomic E-state index is 0.158. The van der Waals surface area contributed by atoms with Gasteiger partial charge in [0.25, 0.3) is 0 Å². The fourth-order valence-electron chi connectivity index (χ4n) is 1.35. The average Bonchev–Trinajstić information content (AvgIpc) is 2.79. The molecule has 0 aromatic carbocycles. The molecule has 0 aliphatic heterocycles. The third kappa shape index (κ3) is 2.20. The summed E-state index contributed by atoms with van der Waals surface area (Å²) in [4.78, 5) is 0. The van der Waals surface area contributed by atoms with Crippen LogP contribution in [0.4, 0.5) is 0 Å². The molecule has 1 saturated carbocycles. The van der Waals surface area contributed by atoms with Crippen LogP contribution in [0.1, 0.15) is 36.9 Å². The molecule has 1 aliphatic rings. The van der Waals surface area contributed by atoms with Gasteiger partial charge in [0.15, 0.2) is 0 Å². The van der Waals surface area contributed by atoms with E-state index in [-0.39, 0.29) is 6.04 Å². The summed E-state index contributed by atoms with van der Waals surface area (Å²) >= 11 is 1.74. The third-order valence-electron chi connectivity index (χ3n) is 2.38. The van der Waals surface area contributed by atoms with Gasteiger partial charge in [0, 0.05) is 6.04 Å². The summed E-state index contributed by atoms with van der Waals surface area (Å²) in [7, 11) is 0. The van der Waals surface area contributed by atoms with Crippen LogP contribution >= 0.6 is 11.3 Å². The lowest BCUT2D eigenvalue weighted by atomic mass is 10.1. The second kappa shape index (κ2) is 3.64. The van der Waals surface area contributed by atoms with Crippen molar-refractivity contribution in [2.45, 2.75) is 25.8 Å². The Morgan fingerprint density at radius 1 is 1.54 bits per heavy atom. The third-order valence-corrected chi connectivity index (χ3v) is 3.16. The standard InChI is InChI=1S/C11H15NS/c1-8(12)11-7-13-6-10(11)5-4-9-2-3-9/h4-9H,2-3,12H2,1H3/b5-4+/t8-/m1/s1. The van der Waals surface area contributed by atoms with Crippen LogP contribution in [0.5, 0.6) is 0 Å². The van der Waals surface area contributed by atoms with Crippen molar-refractivity contribution in [1.82, 2.24) is 0 Å². The predicted octanol–water partition coefficient (Wildman–Crippen LogP) is 3.19. The van der Waals surface area contributed by atoms with E-state index in [1.54, 1.807) is 11.3 Å². The molecule has 1 heterocycles. The summed E-state index contributed by atoms with van der Waals surface area (Å²) < 4.78 is 0. The highest BCUT2D eigenvalue weighted by atomic mass is 32.1. The van der Waals surface area contributed by atoms with Crippen LogP contribution in [0.3, 0.4) is 0 Å². The summed E-state index contributed by atoms with van der Waals surface area (Å²) in [5, 5.41) is 4.33. The highest BCUT2D eigenvalue weighted by Gasteiger charge is 2.17. The lowest BCUT2D eigenvalue weighted by Gasteiger charge is -2.03. The fourth-order valence-corrected chi connectivity index (χ4v) is 2.28. The Morgan fingerprint density at radius 2 is 2.31 bits per heavy atom. The maximum Gasteiger partial charge on any atom is 0.0280 e. The van der Waals surface area contributed by atoms with Crippen LogP contribution in [-0.2, 0) is 0 Å². The van der Waals surface area contributed by atoms with Crippen molar-refractivity contribution in [3.05, 3.63) is 28.0 Å². The van der Waals surface area contributed by atoms with E-state index in [0.717, 1.165) is 5.92 Å². The molecule has 0 spiro atoms. The second-order valence-electron chi connectivity index (χ2n) is 3.77. The molecule has 1 aliphatic carbocycles. The van der Waals surface area contributed by atoms with Crippen LogP contribution in [0.15, 0.2) is 16.8 Å². The van der Waals surface area contributed by atoms with Gasteiger partial charge >= 0.3 is 0 Å². The summed E-state index contributed by atoms with van der Waals surface area (Å²) in [6, 6.07) is 0.158. The molecule has 1 atom stereocenters. The van der Waals surface area contributed by atoms with E-state index in [1.165, 1.54) is 24.0 Å². The molecular formula is C11H15NS. The first-order valence-corrected chi connectivity index (χ1v) is 5.71. The van der Waals surface area contributed by atoms with Crippen molar-refractivity contribution >= 4 is 17.4 Å². The monoisotopic (exact) mass is 193 g/mol. The van der Waals surface area contributed by atoms with Crippen LogP contribution in [0, 0.1) is 5.92 Å². The van der Waals surface area contributed by atoms with E-state index in [2.05, 4.69) is 22.9 Å². The molecule has 0 radical (unpaired) electrons. The number of hydrogen-bond donors (Lipinski definition) is 1. The molecule has 2 heteroatoms. The van der Waals surface area contributed by atoms with Gasteiger partial charge in [-0.3, -0.25) is 0 Å². The van der Waals surface area contributed by atoms with Gasteiger partial charge in [-0.1, -0.05) is 12.2 Å². The Balaban J connectivity index is 2.13. The van der Waals surface area contributed by atoms with Crippen LogP contribution in [-0.4, -0.2) is 0 Å². The van der Waals surface area contributed by atoms with Crippen molar-refractivity contribution in [1.29, 1.82) is 0 Å². The zero-order chi connectivity index (χ0) is 9.26. The van der Waals surface area contributed by atoms with E-state index in [9.17, 15) is 0 Å². The van der Waals surface area contributed by atoms with Crippen LogP contribution in [0.2, 0.25) is 0 Å². The van der Waals surface area contributed by atoms with Crippen LogP contribution in [0.25, 0.3) is 6.08 Å². The molecule has 0 amide bonds. The topological polar surface area (TPSA) is 26.0 Å². The number of thiophene rings is 1. The summed E-state index contributed by atoms with van der Waals surface area (Å²) in [5.74, 6) is 0.848. The van der Waals surface area contributed by atoms with Crippen molar-refractivity contribution in [2.75, 3.05) is 0 Å². The van der Waals surface area contributed by atoms with Gasteiger partial charge in [0.2, 0.25) is 0 Å². The first-order chi connectivity index (χ1) is 6.27. The van der Waals surface area contributed by atoms with Crippen molar-refractivity contribution in [2.24, 2.45) is 11.7 Å². The van der Waals surface area contributed by atoms with Gasteiger partial charge in [0.1, 0.15) is 0 Å². The van der Waals surface area contributed by atoms with E-state index in [0.29, 0.717) is 0 Å². The first kappa shape index (κ1) is 8.97. The normalized spacial score (nSPS) is 19.5. The van der Waals surface area contributed by atoms with Crippen molar-refractivity contribution < 1.29 is 0 Å². The van der Waals surface area contributed by atoms with Crippen molar-refractivity contribution in [3.63, 3.8) is 0 Å². The van der Waals surface area contributed by atoms with Gasteiger partial charge < -0.3 is 5.73 Å². The number of allylic oxidation sites excluding steroid dienone is 1. The van der Waals surface area contributed by atoms with Crippen molar-refractivity contribution in [3.8, 4) is 0 Å². The molecule has 0 unspecified atom stereocenters. The van der Waals surface area contributed by atoms with E-state index >= 15 is 0 Å². The predicted molar refractivity (Wildman–Crippen MR) is 58.7 cm³/mol. The molecule has 2 rings (SSSR count). The Bertz CT molecular complexity index is 308. The smallest absolute Gasteiger partial charge is 0.0280 e. The van der Waals surface area contributed by atoms with E-state index in [1.807, 2.05) is 6.92 Å². The minimum Gasteiger partial charge on any atom is -0.324 e. The van der Waals surface area contributed by atoms with Gasteiger partial charge in [-0.2, -0.15) is 11.3 Å². The summed E-state index contributed by atoms with van der Waals surface area (Å²) in [5.41, 5.74) is 8.45. The lowest BCUT2D eigenvalue weighted by Crippen LogP contribution is -2.04. The Hall–Kier alpha value is -0.600. The maximum atomic E-state index is 5.85. The molecule has 1 nitrogen and oxygen atoms in total. The number of rotatable bonds is 3. The molecule has 70 valence electrons. The zero-order valence-corrected chi connectivity index (χ0v) is 8.68. The number of hydrogen-bond acceptors (Lipinski definition) is 2. The van der Waals surface area contributed by atoms with Gasteiger partial charge in [-0.15, -0.1) is 0 Å². The molecule has 0 saturated heterocycles. The van der Waals surface area contributed by atoms with Gasteiger partial charge in [-0.25, -0.2) is 0 Å². The molecule has 1 fully saturated rings. The SMILES string of the molecule is C[C@@H](N)c1cscc1/C=C/C1CC1. The maximum absolute atomic E-state index is 5.85. The van der Waals surface area contributed by atoms with Crippen LogP contribution < -0.4 is 5.73 Å². The Morgan fingerprint density at radius 3 is 2.92 bits per heavy atom. The molecule has 2 N–H and O–H groups in total. The second-order valence-corrected chi connectivity index (χ2v) is 4.51. The quantitative estimate of drug-likeness (QED) is 0.784. The molecule has 1 aromatic heterocycles. The summed E-state index contributed by atoms with van der Waals surface area (Å²) in [6.45, 7) is 2.04. The Kier molecular flexibility index (Phi) is 2.51. The molecule has 13 heavy (non-hydrogen) atoms. The summed E-state index contributed by atoms with van der Waals surface area (Å²) in [6.07, 6.45) is 7.28. The largest absolute Gasteiger partial charge is 0.324 e. The highest BCUT2D eigenvalue weighted by Crippen LogP contribution is 2.32. The van der Waals surface area contributed by atoms with E-state index < -0.39 is 0 Å². The van der Waals surface area contributed by atoms with E-state index in [4.69, 9.17) is 5.73 Å². The average molecular weight is 193 g/mol. The highest BCUT2D eigenvalue weighted by molar-refractivity contribution is 7.08. The first-order valence-electron chi connectivity index (χ1n) is 4.77. The fraction of sp³-hybridized carbons (Fsp3) is 0.455. The van der Waals surface area contributed by atoms with Gasteiger partial charge in [-0.05, 0) is 47.6 Å². The zero-order valence-electron chi connectivity index (χ0n) is 7.86. The van der Waals surface area contributed by atoms with Gasteiger partial charge in [0.05, 0.1) is 0 Å². The molecule has 0 bridgehead atoms. The number of nitrogens with two attached hydrogens (primary N) is 1. The lowest BCUT2D eigenvalue weighted by molar-refractivity contribution is 0.821. The molecule has 1 aromatic rings.